The highest BCUT2D eigenvalue weighted by molar-refractivity contribution is 7.99. The van der Waals surface area contributed by atoms with Gasteiger partial charge < -0.3 is 15.1 Å². The quantitative estimate of drug-likeness (QED) is 0.341. The van der Waals surface area contributed by atoms with Gasteiger partial charge >= 0.3 is 5.69 Å². The van der Waals surface area contributed by atoms with E-state index in [9.17, 15) is 9.59 Å². The van der Waals surface area contributed by atoms with E-state index < -0.39 is 17.3 Å². The molecule has 2 bridgehead atoms. The smallest absolute Gasteiger partial charge is 0.355 e. The number of thioether (sulfide) groups is 1. The number of pyridine rings is 2. The maximum absolute atomic E-state index is 16.1. The van der Waals surface area contributed by atoms with E-state index in [0.29, 0.717) is 66.7 Å². The number of nitrogens with one attached hydrogen (secondary N) is 1. The van der Waals surface area contributed by atoms with E-state index in [2.05, 4.69) is 21.9 Å². The number of carbonyl (C=O) groups is 1. The minimum Gasteiger partial charge on any atom is -0.384 e. The third-order valence-corrected chi connectivity index (χ3v) is 9.35. The molecule has 12 heteroatoms. The number of hydrogen-bond donors (Lipinski definition) is 1. The molecule has 7 rings (SSSR count). The highest BCUT2D eigenvalue weighted by Gasteiger charge is 2.53. The van der Waals surface area contributed by atoms with Crippen molar-refractivity contribution in [3.05, 3.63) is 77.0 Å². The second-order valence-electron chi connectivity index (χ2n) is 11.6. The molecule has 220 valence electrons. The molecule has 1 amide bonds. The molecular weight excluding hydrogens is 572 g/mol. The SMILES string of the molecule is C=CC(=O)N1CC2(C1)CN(c1nc(=O)n3c4nc(c(F)cc14)-c1c(F)cccc1NCCSc1ccnc(C(C)C)c1-3)C2. The van der Waals surface area contributed by atoms with Gasteiger partial charge in [0.05, 0.1) is 22.3 Å². The van der Waals surface area contributed by atoms with Gasteiger partial charge in [-0.05, 0) is 36.3 Å². The summed E-state index contributed by atoms with van der Waals surface area (Å²) in [4.78, 5) is 44.3. The van der Waals surface area contributed by atoms with Gasteiger partial charge in [-0.3, -0.25) is 9.78 Å². The second kappa shape index (κ2) is 10.1. The number of nitrogens with zero attached hydrogens (tertiary/aromatic N) is 6. The number of likely N-dealkylation sites (tertiary alicyclic amines) is 1. The van der Waals surface area contributed by atoms with Crippen LogP contribution in [0.3, 0.4) is 0 Å². The molecule has 0 unspecified atom stereocenters. The summed E-state index contributed by atoms with van der Waals surface area (Å²) in [5.41, 5.74) is 0.940. The Bertz CT molecular complexity index is 1880. The maximum Gasteiger partial charge on any atom is 0.355 e. The van der Waals surface area contributed by atoms with E-state index in [0.717, 1.165) is 4.90 Å². The van der Waals surface area contributed by atoms with Gasteiger partial charge in [0.25, 0.3) is 0 Å². The van der Waals surface area contributed by atoms with Crippen LogP contribution in [0.1, 0.15) is 25.5 Å². The number of carbonyl (C=O) groups excluding carboxylic acids is 1. The van der Waals surface area contributed by atoms with E-state index in [1.807, 2.05) is 24.8 Å². The summed E-state index contributed by atoms with van der Waals surface area (Å²) >= 11 is 1.54. The molecule has 0 atom stereocenters. The lowest BCUT2D eigenvalue weighted by atomic mass is 9.72. The maximum atomic E-state index is 16.1. The summed E-state index contributed by atoms with van der Waals surface area (Å²) in [5.74, 6) is -0.596. The third-order valence-electron chi connectivity index (χ3n) is 8.30. The molecule has 4 aromatic rings. The molecule has 3 aliphatic heterocycles. The van der Waals surface area contributed by atoms with E-state index in [1.54, 1.807) is 23.2 Å². The highest BCUT2D eigenvalue weighted by atomic mass is 32.2. The van der Waals surface area contributed by atoms with Crippen molar-refractivity contribution >= 4 is 40.2 Å². The van der Waals surface area contributed by atoms with Crippen LogP contribution in [0.15, 0.2) is 58.9 Å². The van der Waals surface area contributed by atoms with Crippen LogP contribution >= 0.6 is 11.8 Å². The Labute approximate surface area is 250 Å². The van der Waals surface area contributed by atoms with Gasteiger partial charge in [0, 0.05) is 60.7 Å². The van der Waals surface area contributed by atoms with Crippen molar-refractivity contribution in [2.24, 2.45) is 5.41 Å². The van der Waals surface area contributed by atoms with Crippen molar-refractivity contribution < 1.29 is 13.6 Å². The van der Waals surface area contributed by atoms with Crippen molar-refractivity contribution in [2.75, 3.05) is 48.7 Å². The lowest BCUT2D eigenvalue weighted by molar-refractivity contribution is -0.139. The van der Waals surface area contributed by atoms with E-state index >= 15 is 8.78 Å². The van der Waals surface area contributed by atoms with Crippen molar-refractivity contribution in [2.45, 2.75) is 24.7 Å². The number of hydrogen-bond acceptors (Lipinski definition) is 8. The van der Waals surface area contributed by atoms with Crippen LogP contribution in [0, 0.1) is 17.0 Å². The highest BCUT2D eigenvalue weighted by Crippen LogP contribution is 2.44. The molecule has 2 saturated heterocycles. The number of rotatable bonds is 3. The van der Waals surface area contributed by atoms with Gasteiger partial charge in [0.2, 0.25) is 5.91 Å². The largest absolute Gasteiger partial charge is 0.384 e. The molecule has 1 spiro atoms. The molecule has 6 heterocycles. The molecule has 1 N–H and O–H groups in total. The molecule has 3 aliphatic rings. The Morgan fingerprint density at radius 2 is 1.93 bits per heavy atom. The predicted octanol–water partition coefficient (Wildman–Crippen LogP) is 4.60. The minimum atomic E-state index is -0.725. The summed E-state index contributed by atoms with van der Waals surface area (Å²) in [6.07, 6.45) is 3.02. The first kappa shape index (κ1) is 27.5. The summed E-state index contributed by atoms with van der Waals surface area (Å²) in [6, 6.07) is 7.69. The first-order valence-corrected chi connectivity index (χ1v) is 15.1. The topological polar surface area (TPSA) is 96.3 Å². The van der Waals surface area contributed by atoms with E-state index in [4.69, 9.17) is 4.98 Å². The van der Waals surface area contributed by atoms with E-state index in [-0.39, 0.29) is 34.1 Å². The number of halogens is 2. The lowest BCUT2D eigenvalue weighted by Gasteiger charge is -2.60. The number of fused-ring (bicyclic) bond motifs is 5. The van der Waals surface area contributed by atoms with Crippen molar-refractivity contribution in [1.29, 1.82) is 0 Å². The van der Waals surface area contributed by atoms with Crippen LogP contribution in [-0.4, -0.2) is 68.8 Å². The van der Waals surface area contributed by atoms with Crippen LogP contribution in [0.2, 0.25) is 0 Å². The van der Waals surface area contributed by atoms with E-state index in [1.165, 1.54) is 34.5 Å². The van der Waals surface area contributed by atoms with Gasteiger partial charge in [-0.1, -0.05) is 26.5 Å². The van der Waals surface area contributed by atoms with Crippen molar-refractivity contribution in [3.63, 3.8) is 0 Å². The van der Waals surface area contributed by atoms with Gasteiger partial charge in [0.1, 0.15) is 17.3 Å². The Morgan fingerprint density at radius 1 is 1.14 bits per heavy atom. The lowest BCUT2D eigenvalue weighted by Crippen LogP contribution is -2.73. The number of benzene rings is 1. The monoisotopic (exact) mass is 601 g/mol. The Morgan fingerprint density at radius 3 is 2.67 bits per heavy atom. The average Bonchev–Trinajstić information content (AvgIpc) is 2.93. The first-order valence-electron chi connectivity index (χ1n) is 14.1. The average molecular weight is 602 g/mol. The molecule has 9 nitrogen and oxygen atoms in total. The summed E-state index contributed by atoms with van der Waals surface area (Å²) in [6.45, 7) is 10.3. The second-order valence-corrected chi connectivity index (χ2v) is 12.8. The summed E-state index contributed by atoms with van der Waals surface area (Å²) in [5, 5.41) is 3.58. The molecule has 3 aromatic heterocycles. The Balaban J connectivity index is 1.46. The fourth-order valence-electron chi connectivity index (χ4n) is 6.36. The number of anilines is 2. The van der Waals surface area contributed by atoms with Crippen molar-refractivity contribution in [1.82, 2.24) is 24.4 Å². The molecule has 0 aliphatic carbocycles. The van der Waals surface area contributed by atoms with Gasteiger partial charge in [-0.15, -0.1) is 11.8 Å². The predicted molar refractivity (Wildman–Crippen MR) is 163 cm³/mol. The normalized spacial score (nSPS) is 17.0. The van der Waals surface area contributed by atoms with Crippen LogP contribution in [0.5, 0.6) is 0 Å². The van der Waals surface area contributed by atoms with Crippen LogP contribution in [-0.2, 0) is 4.79 Å². The zero-order valence-electron chi connectivity index (χ0n) is 23.7. The zero-order valence-corrected chi connectivity index (χ0v) is 24.5. The van der Waals surface area contributed by atoms with Crippen molar-refractivity contribution in [3.8, 4) is 16.9 Å². The van der Waals surface area contributed by atoms with Gasteiger partial charge in [0.15, 0.2) is 11.5 Å². The summed E-state index contributed by atoms with van der Waals surface area (Å²) < 4.78 is 32.8. The third kappa shape index (κ3) is 4.38. The van der Waals surface area contributed by atoms with Crippen LogP contribution in [0.4, 0.5) is 20.3 Å². The zero-order chi connectivity index (χ0) is 30.0. The Kier molecular flexibility index (Phi) is 6.49. The number of aromatic nitrogens is 4. The Hall–Kier alpha value is -4.32. The molecule has 2 fully saturated rings. The molecular formula is C31H29F2N7O2S. The molecule has 43 heavy (non-hydrogen) atoms. The minimum absolute atomic E-state index is 0.00433. The first-order chi connectivity index (χ1) is 20.7. The van der Waals surface area contributed by atoms with Gasteiger partial charge in [-0.25, -0.2) is 23.1 Å². The van der Waals surface area contributed by atoms with Gasteiger partial charge in [-0.2, -0.15) is 4.98 Å². The molecule has 1 aromatic carbocycles. The fraction of sp³-hybridized carbons (Fsp3) is 0.323. The van der Waals surface area contributed by atoms with Crippen LogP contribution < -0.4 is 15.9 Å². The number of amides is 1. The van der Waals surface area contributed by atoms with Crippen LogP contribution in [0.25, 0.3) is 28.0 Å². The summed E-state index contributed by atoms with van der Waals surface area (Å²) in [7, 11) is 0. The molecule has 0 radical (unpaired) electrons. The molecule has 0 saturated carbocycles. The standard InChI is InChI=1S/C31H29F2N7O2S/c1-4-23(41)38-13-31(14-38)15-39(16-31)28-18-12-20(33)26-24-19(32)6-5-7-21(24)34-10-11-43-22-8-9-35-25(17(2)3)27(22)40(29(18)36-26)30(42)37-28/h4-9,12,17,34H,1,10-11,13-16H2,2-3H3. The fourth-order valence-corrected chi connectivity index (χ4v) is 7.27.